The highest BCUT2D eigenvalue weighted by molar-refractivity contribution is 5.94. The number of amides is 1. The highest BCUT2D eigenvalue weighted by Gasteiger charge is 2.36. The Morgan fingerprint density at radius 3 is 2.50 bits per heavy atom. The van der Waals surface area contributed by atoms with Crippen molar-refractivity contribution in [3.63, 3.8) is 0 Å². The van der Waals surface area contributed by atoms with Crippen LogP contribution in [0.15, 0.2) is 48.5 Å². The van der Waals surface area contributed by atoms with Crippen LogP contribution in [0.25, 0.3) is 5.69 Å². The number of hydrogen-bond donors (Lipinski definition) is 0. The molecule has 0 bridgehead atoms. The van der Waals surface area contributed by atoms with Gasteiger partial charge in [-0.05, 0) is 49.1 Å². The number of fused-ring (bicyclic) bond motifs is 1. The average Bonchev–Trinajstić information content (AvgIpc) is 3.36. The molecule has 0 spiro atoms. The third-order valence-electron chi connectivity index (χ3n) is 5.33. The van der Waals surface area contributed by atoms with Crippen LogP contribution in [0.5, 0.6) is 0 Å². The Morgan fingerprint density at radius 2 is 1.84 bits per heavy atom. The van der Waals surface area contributed by atoms with Gasteiger partial charge < -0.3 is 4.90 Å². The third kappa shape index (κ3) is 4.35. The zero-order valence-corrected chi connectivity index (χ0v) is 16.9. The van der Waals surface area contributed by atoms with Gasteiger partial charge in [-0.3, -0.25) is 4.79 Å². The van der Waals surface area contributed by atoms with Crippen LogP contribution in [0.4, 0.5) is 17.6 Å². The van der Waals surface area contributed by atoms with E-state index < -0.39 is 24.4 Å². The van der Waals surface area contributed by atoms with E-state index in [1.807, 2.05) is 6.07 Å². The fourth-order valence-corrected chi connectivity index (χ4v) is 3.90. The summed E-state index contributed by atoms with van der Waals surface area (Å²) >= 11 is 0. The molecule has 2 aromatic carbocycles. The zero-order valence-electron chi connectivity index (χ0n) is 16.9. The maximum Gasteiger partial charge on any atom is 0.406 e. The van der Waals surface area contributed by atoms with E-state index in [4.69, 9.17) is 5.26 Å². The second kappa shape index (κ2) is 8.46. The van der Waals surface area contributed by atoms with Crippen molar-refractivity contribution >= 4 is 5.91 Å². The lowest BCUT2D eigenvalue weighted by Crippen LogP contribution is -2.39. The fourth-order valence-electron chi connectivity index (χ4n) is 3.90. The smallest absolute Gasteiger partial charge is 0.324 e. The molecule has 0 fully saturated rings. The molecule has 32 heavy (non-hydrogen) atoms. The maximum atomic E-state index is 14.4. The number of nitriles is 1. The Morgan fingerprint density at radius 1 is 1.12 bits per heavy atom. The zero-order chi connectivity index (χ0) is 22.9. The minimum atomic E-state index is -4.61. The van der Waals surface area contributed by atoms with Gasteiger partial charge in [-0.25, -0.2) is 9.07 Å². The van der Waals surface area contributed by atoms with Crippen molar-refractivity contribution in [3.05, 3.63) is 82.4 Å². The Hall–Kier alpha value is -3.67. The van der Waals surface area contributed by atoms with E-state index in [-0.39, 0.29) is 17.9 Å². The SMILES string of the molecule is N#Cc1ccc(CN(CC(F)(F)F)C(=O)c2nn(-c3ccccc3F)c3c2CCC3)cc1. The molecule has 4 rings (SSSR count). The first-order valence-corrected chi connectivity index (χ1v) is 9.97. The predicted octanol–water partition coefficient (Wildman–Crippen LogP) is 4.58. The summed E-state index contributed by atoms with van der Waals surface area (Å²) in [4.78, 5) is 13.9. The molecule has 0 aliphatic heterocycles. The lowest BCUT2D eigenvalue weighted by molar-refractivity contribution is -0.141. The topological polar surface area (TPSA) is 61.9 Å². The van der Waals surface area contributed by atoms with Crippen LogP contribution in [0, 0.1) is 17.1 Å². The summed E-state index contributed by atoms with van der Waals surface area (Å²) in [7, 11) is 0. The first kappa shape index (κ1) is 21.6. The van der Waals surface area contributed by atoms with Gasteiger partial charge in [-0.2, -0.15) is 23.5 Å². The number of alkyl halides is 3. The molecule has 9 heteroatoms. The molecule has 0 N–H and O–H groups in total. The largest absolute Gasteiger partial charge is 0.406 e. The Labute approximate surface area is 181 Å². The van der Waals surface area contributed by atoms with E-state index in [2.05, 4.69) is 5.10 Å². The molecule has 0 saturated heterocycles. The average molecular weight is 442 g/mol. The van der Waals surface area contributed by atoms with Gasteiger partial charge in [0.25, 0.3) is 5.91 Å². The van der Waals surface area contributed by atoms with Crippen LogP contribution >= 0.6 is 0 Å². The molecule has 164 valence electrons. The van der Waals surface area contributed by atoms with E-state index in [0.717, 1.165) is 0 Å². The number of rotatable bonds is 5. The number of para-hydroxylation sites is 1. The number of nitrogens with zero attached hydrogens (tertiary/aromatic N) is 4. The molecule has 1 aliphatic carbocycles. The van der Waals surface area contributed by atoms with E-state index in [0.29, 0.717) is 46.5 Å². The van der Waals surface area contributed by atoms with Crippen molar-refractivity contribution in [2.45, 2.75) is 32.0 Å². The number of hydrogen-bond acceptors (Lipinski definition) is 3. The number of carbonyl (C=O) groups excluding carboxylic acids is 1. The Balaban J connectivity index is 1.71. The second-order valence-electron chi connectivity index (χ2n) is 7.58. The standard InChI is InChI=1S/C23H18F4N4O/c24-18-5-1-2-6-20(18)31-19-7-3-4-17(19)21(29-31)22(32)30(14-23(25,26)27)13-16-10-8-15(12-28)9-11-16/h1-2,5-6,8-11H,3-4,7,13-14H2. The van der Waals surface area contributed by atoms with Crippen LogP contribution in [-0.2, 0) is 19.4 Å². The summed E-state index contributed by atoms with van der Waals surface area (Å²) in [5.41, 5.74) is 2.09. The van der Waals surface area contributed by atoms with Gasteiger partial charge in [-0.1, -0.05) is 24.3 Å². The first-order chi connectivity index (χ1) is 15.3. The van der Waals surface area contributed by atoms with Crippen LogP contribution in [0.2, 0.25) is 0 Å². The van der Waals surface area contributed by atoms with Gasteiger partial charge in [0, 0.05) is 17.8 Å². The molecule has 0 atom stereocenters. The van der Waals surface area contributed by atoms with Crippen LogP contribution < -0.4 is 0 Å². The monoisotopic (exact) mass is 442 g/mol. The summed E-state index contributed by atoms with van der Waals surface area (Å²) in [6, 6.07) is 13.9. The van der Waals surface area contributed by atoms with Gasteiger partial charge >= 0.3 is 6.18 Å². The van der Waals surface area contributed by atoms with Crippen molar-refractivity contribution in [3.8, 4) is 11.8 Å². The molecule has 1 aliphatic rings. The summed E-state index contributed by atoms with van der Waals surface area (Å²) in [5.74, 6) is -1.40. The molecule has 0 unspecified atom stereocenters. The van der Waals surface area contributed by atoms with Gasteiger partial charge in [0.2, 0.25) is 0 Å². The molecule has 1 heterocycles. The van der Waals surface area contributed by atoms with Gasteiger partial charge in [0.1, 0.15) is 18.0 Å². The molecule has 1 amide bonds. The van der Waals surface area contributed by atoms with Gasteiger partial charge in [0.15, 0.2) is 5.69 Å². The second-order valence-corrected chi connectivity index (χ2v) is 7.58. The van der Waals surface area contributed by atoms with Crippen LogP contribution in [0.1, 0.15) is 39.3 Å². The predicted molar refractivity (Wildman–Crippen MR) is 107 cm³/mol. The quantitative estimate of drug-likeness (QED) is 0.544. The number of carbonyl (C=O) groups is 1. The normalized spacial score (nSPS) is 13.0. The van der Waals surface area contributed by atoms with Crippen molar-refractivity contribution in [2.24, 2.45) is 0 Å². The van der Waals surface area contributed by atoms with E-state index in [1.165, 1.54) is 47.1 Å². The van der Waals surface area contributed by atoms with Crippen LogP contribution in [0.3, 0.4) is 0 Å². The molecular formula is C23H18F4N4O. The van der Waals surface area contributed by atoms with Crippen molar-refractivity contribution in [1.29, 1.82) is 5.26 Å². The van der Waals surface area contributed by atoms with Gasteiger partial charge in [-0.15, -0.1) is 0 Å². The number of benzene rings is 2. The van der Waals surface area contributed by atoms with Crippen molar-refractivity contribution in [2.75, 3.05) is 6.54 Å². The molecule has 5 nitrogen and oxygen atoms in total. The molecule has 0 radical (unpaired) electrons. The third-order valence-corrected chi connectivity index (χ3v) is 5.33. The highest BCUT2D eigenvalue weighted by Crippen LogP contribution is 2.30. The van der Waals surface area contributed by atoms with Gasteiger partial charge in [0.05, 0.1) is 11.6 Å². The molecule has 1 aromatic heterocycles. The lowest BCUT2D eigenvalue weighted by Gasteiger charge is -2.23. The lowest BCUT2D eigenvalue weighted by atomic mass is 10.1. The summed E-state index contributed by atoms with van der Waals surface area (Å²) in [6.45, 7) is -1.75. The molecular weight excluding hydrogens is 424 g/mol. The van der Waals surface area contributed by atoms with Crippen LogP contribution in [-0.4, -0.2) is 33.3 Å². The number of halogens is 4. The van der Waals surface area contributed by atoms with E-state index >= 15 is 0 Å². The molecule has 0 saturated carbocycles. The maximum absolute atomic E-state index is 14.4. The summed E-state index contributed by atoms with van der Waals surface area (Å²) in [5, 5.41) is 13.2. The summed E-state index contributed by atoms with van der Waals surface area (Å²) < 4.78 is 55.6. The minimum absolute atomic E-state index is 0.0846. The Bertz CT molecular complexity index is 1190. The van der Waals surface area contributed by atoms with Crippen molar-refractivity contribution in [1.82, 2.24) is 14.7 Å². The number of aromatic nitrogens is 2. The molecule has 3 aromatic rings. The highest BCUT2D eigenvalue weighted by atomic mass is 19.4. The van der Waals surface area contributed by atoms with E-state index in [1.54, 1.807) is 6.07 Å². The van der Waals surface area contributed by atoms with Crippen molar-refractivity contribution < 1.29 is 22.4 Å². The Kier molecular flexibility index (Phi) is 5.70. The first-order valence-electron chi connectivity index (χ1n) is 9.97. The minimum Gasteiger partial charge on any atom is -0.324 e. The summed E-state index contributed by atoms with van der Waals surface area (Å²) in [6.07, 6.45) is -2.86. The van der Waals surface area contributed by atoms with E-state index in [9.17, 15) is 22.4 Å². The fraction of sp³-hybridized carbons (Fsp3) is 0.261.